The predicted octanol–water partition coefficient (Wildman–Crippen LogP) is 4.81. The summed E-state index contributed by atoms with van der Waals surface area (Å²) in [7, 11) is 0. The fourth-order valence-corrected chi connectivity index (χ4v) is 4.05. The van der Waals surface area contributed by atoms with Crippen LogP contribution in [0.2, 0.25) is 0 Å². The fraction of sp³-hybridized carbons (Fsp3) is 0.333. The average Bonchev–Trinajstić information content (AvgIpc) is 2.62. The van der Waals surface area contributed by atoms with Crippen LogP contribution in [0.4, 0.5) is 13.2 Å². The Bertz CT molecular complexity index is 794. The van der Waals surface area contributed by atoms with Gasteiger partial charge in [0, 0.05) is 36.2 Å². The predicted molar refractivity (Wildman–Crippen MR) is 103 cm³/mol. The summed E-state index contributed by atoms with van der Waals surface area (Å²) in [5, 5.41) is 13.9. The van der Waals surface area contributed by atoms with Crippen molar-refractivity contribution in [1.29, 1.82) is 0 Å². The summed E-state index contributed by atoms with van der Waals surface area (Å²) in [4.78, 5) is 2.18. The Hall–Kier alpha value is -1.29. The molecular weight excluding hydrogens is 493 g/mol. The first-order valence-electron chi connectivity index (χ1n) is 8.23. The maximum atomic E-state index is 12.4. The second-order valence-corrected chi connectivity index (χ2v) is 7.81. The fourth-order valence-electron chi connectivity index (χ4n) is 3.17. The number of nitrogens with zero attached hydrogens (tertiary/aromatic N) is 1. The number of rotatable bonds is 4. The molecule has 1 heterocycles. The molecule has 4 nitrogen and oxygen atoms in total. The summed E-state index contributed by atoms with van der Waals surface area (Å²) in [5.41, 5.74) is 1.43. The Kier molecular flexibility index (Phi) is 6.35. The number of phenols is 1. The molecule has 1 saturated heterocycles. The van der Waals surface area contributed by atoms with E-state index >= 15 is 0 Å². The number of phenolic OH excluding ortho intramolecular Hbond substituents is 1. The van der Waals surface area contributed by atoms with E-state index in [1.807, 2.05) is 6.07 Å². The van der Waals surface area contributed by atoms with Crippen LogP contribution in [-0.4, -0.2) is 42.5 Å². The SMILES string of the molecule is Oc1c(Br)ccc(Br)c1[C@@H](c1ccc(OC(F)(F)F)cc1)N1CCNCC1. The van der Waals surface area contributed by atoms with Gasteiger partial charge in [0.25, 0.3) is 0 Å². The van der Waals surface area contributed by atoms with Crippen LogP contribution in [0.1, 0.15) is 17.2 Å². The number of aromatic hydroxyl groups is 1. The van der Waals surface area contributed by atoms with Crippen LogP contribution in [0.5, 0.6) is 11.5 Å². The highest BCUT2D eigenvalue weighted by atomic mass is 79.9. The summed E-state index contributed by atoms with van der Waals surface area (Å²) in [5.74, 6) is -0.175. The first-order chi connectivity index (χ1) is 12.8. The Balaban J connectivity index is 2.02. The van der Waals surface area contributed by atoms with Crippen molar-refractivity contribution in [2.75, 3.05) is 26.2 Å². The number of halogens is 5. The normalized spacial score (nSPS) is 16.9. The Morgan fingerprint density at radius 2 is 1.59 bits per heavy atom. The molecule has 2 N–H and O–H groups in total. The molecular formula is C18H17Br2F3N2O2. The molecule has 0 unspecified atom stereocenters. The van der Waals surface area contributed by atoms with Crippen molar-refractivity contribution in [3.05, 3.63) is 56.5 Å². The maximum absolute atomic E-state index is 12.4. The zero-order chi connectivity index (χ0) is 19.6. The van der Waals surface area contributed by atoms with E-state index in [0.717, 1.165) is 36.2 Å². The van der Waals surface area contributed by atoms with Gasteiger partial charge in [0.1, 0.15) is 11.5 Å². The molecule has 9 heteroatoms. The molecule has 2 aromatic carbocycles. The molecule has 27 heavy (non-hydrogen) atoms. The minimum absolute atomic E-state index is 0.100. The lowest BCUT2D eigenvalue weighted by Gasteiger charge is -2.36. The molecule has 0 bridgehead atoms. The molecule has 1 aliphatic rings. The highest BCUT2D eigenvalue weighted by Gasteiger charge is 2.32. The third-order valence-electron chi connectivity index (χ3n) is 4.33. The summed E-state index contributed by atoms with van der Waals surface area (Å²) in [6.07, 6.45) is -4.73. The molecule has 0 aromatic heterocycles. The van der Waals surface area contributed by atoms with Gasteiger partial charge >= 0.3 is 6.36 Å². The molecule has 0 saturated carbocycles. The minimum atomic E-state index is -4.73. The molecule has 3 rings (SSSR count). The lowest BCUT2D eigenvalue weighted by Crippen LogP contribution is -2.45. The Morgan fingerprint density at radius 1 is 1.00 bits per heavy atom. The van der Waals surface area contributed by atoms with Gasteiger partial charge in [-0.05, 0) is 45.8 Å². The monoisotopic (exact) mass is 508 g/mol. The molecule has 1 atom stereocenters. The number of nitrogens with one attached hydrogen (secondary N) is 1. The van der Waals surface area contributed by atoms with Gasteiger partial charge < -0.3 is 15.2 Å². The summed E-state index contributed by atoms with van der Waals surface area (Å²) >= 11 is 6.85. The summed E-state index contributed by atoms with van der Waals surface area (Å²) < 4.78 is 42.5. The van der Waals surface area contributed by atoms with Crippen molar-refractivity contribution < 1.29 is 23.0 Å². The van der Waals surface area contributed by atoms with Crippen LogP contribution in [0.15, 0.2) is 45.3 Å². The van der Waals surface area contributed by atoms with E-state index in [9.17, 15) is 18.3 Å². The van der Waals surface area contributed by atoms with E-state index in [-0.39, 0.29) is 17.5 Å². The molecule has 0 spiro atoms. The van der Waals surface area contributed by atoms with Gasteiger partial charge in [0.05, 0.1) is 10.5 Å². The Morgan fingerprint density at radius 3 is 2.19 bits per heavy atom. The summed E-state index contributed by atoms with van der Waals surface area (Å²) in [6.45, 7) is 3.06. The van der Waals surface area contributed by atoms with Gasteiger partial charge in [-0.15, -0.1) is 13.2 Å². The number of alkyl halides is 3. The van der Waals surface area contributed by atoms with Crippen LogP contribution < -0.4 is 10.1 Å². The summed E-state index contributed by atoms with van der Waals surface area (Å²) in [6, 6.07) is 9.02. The van der Waals surface area contributed by atoms with Gasteiger partial charge in [0.2, 0.25) is 0 Å². The van der Waals surface area contributed by atoms with E-state index in [1.54, 1.807) is 18.2 Å². The number of benzene rings is 2. The van der Waals surface area contributed by atoms with Crippen LogP contribution in [0, 0.1) is 0 Å². The van der Waals surface area contributed by atoms with Crippen LogP contribution >= 0.6 is 31.9 Å². The second-order valence-electron chi connectivity index (χ2n) is 6.10. The van der Waals surface area contributed by atoms with Crippen molar-refractivity contribution in [2.45, 2.75) is 12.4 Å². The van der Waals surface area contributed by atoms with Crippen LogP contribution in [0.3, 0.4) is 0 Å². The highest BCUT2D eigenvalue weighted by Crippen LogP contribution is 2.43. The standard InChI is InChI=1S/C18H17Br2F3N2O2/c19-13-5-6-14(20)17(26)15(13)16(25-9-7-24-8-10-25)11-1-3-12(4-2-11)27-18(21,22)23/h1-6,16,24,26H,7-10H2/t16-/m1/s1. The van der Waals surface area contributed by atoms with Crippen molar-refractivity contribution in [2.24, 2.45) is 0 Å². The van der Waals surface area contributed by atoms with Gasteiger partial charge in [-0.2, -0.15) is 0 Å². The molecule has 0 radical (unpaired) electrons. The molecule has 146 valence electrons. The number of ether oxygens (including phenoxy) is 1. The first kappa shape index (κ1) is 20.4. The molecule has 2 aromatic rings. The van der Waals surface area contributed by atoms with Crippen LogP contribution in [-0.2, 0) is 0 Å². The zero-order valence-corrected chi connectivity index (χ0v) is 17.2. The van der Waals surface area contributed by atoms with E-state index in [0.29, 0.717) is 10.0 Å². The third-order valence-corrected chi connectivity index (χ3v) is 5.67. The average molecular weight is 510 g/mol. The van der Waals surface area contributed by atoms with E-state index in [2.05, 4.69) is 46.8 Å². The quantitative estimate of drug-likeness (QED) is 0.620. The Labute approximate surface area is 171 Å². The number of piperazine rings is 1. The maximum Gasteiger partial charge on any atom is 0.573 e. The third kappa shape index (κ3) is 4.96. The molecule has 0 amide bonds. The lowest BCUT2D eigenvalue weighted by atomic mass is 9.95. The van der Waals surface area contributed by atoms with E-state index in [4.69, 9.17) is 0 Å². The lowest BCUT2D eigenvalue weighted by molar-refractivity contribution is -0.274. The van der Waals surface area contributed by atoms with Gasteiger partial charge in [-0.3, -0.25) is 4.90 Å². The van der Waals surface area contributed by atoms with E-state index < -0.39 is 6.36 Å². The molecule has 0 aliphatic carbocycles. The van der Waals surface area contributed by atoms with Crippen molar-refractivity contribution in [3.8, 4) is 11.5 Å². The van der Waals surface area contributed by atoms with Crippen molar-refractivity contribution in [3.63, 3.8) is 0 Å². The number of hydrogen-bond donors (Lipinski definition) is 2. The highest BCUT2D eigenvalue weighted by molar-refractivity contribution is 9.11. The van der Waals surface area contributed by atoms with Crippen molar-refractivity contribution >= 4 is 31.9 Å². The van der Waals surface area contributed by atoms with Crippen molar-refractivity contribution in [1.82, 2.24) is 10.2 Å². The minimum Gasteiger partial charge on any atom is -0.506 e. The van der Waals surface area contributed by atoms with Gasteiger partial charge in [-0.25, -0.2) is 0 Å². The molecule has 1 aliphatic heterocycles. The molecule has 1 fully saturated rings. The van der Waals surface area contributed by atoms with E-state index in [1.165, 1.54) is 12.1 Å². The van der Waals surface area contributed by atoms with Gasteiger partial charge in [-0.1, -0.05) is 28.1 Å². The largest absolute Gasteiger partial charge is 0.573 e. The number of hydrogen-bond acceptors (Lipinski definition) is 4. The smallest absolute Gasteiger partial charge is 0.506 e. The topological polar surface area (TPSA) is 44.7 Å². The second kappa shape index (κ2) is 8.38. The zero-order valence-electron chi connectivity index (χ0n) is 14.1. The first-order valence-corrected chi connectivity index (χ1v) is 9.82. The van der Waals surface area contributed by atoms with Gasteiger partial charge in [0.15, 0.2) is 0 Å². The van der Waals surface area contributed by atoms with Crippen LogP contribution in [0.25, 0.3) is 0 Å².